The third-order valence-corrected chi connectivity index (χ3v) is 7.09. The Hall–Kier alpha value is -3.29. The van der Waals surface area contributed by atoms with E-state index in [9.17, 15) is 9.18 Å². The second kappa shape index (κ2) is 11.2. The first-order valence-corrected chi connectivity index (χ1v) is 11.7. The number of hydrogen-bond donors (Lipinski definition) is 2. The van der Waals surface area contributed by atoms with E-state index in [1.807, 2.05) is 16.8 Å². The molecule has 2 heterocycles. The van der Waals surface area contributed by atoms with Gasteiger partial charge in [0.25, 0.3) is 0 Å². The average molecular weight is 468 g/mol. The number of aliphatic carboxylic acids is 1. The highest BCUT2D eigenvalue weighted by molar-refractivity contribution is 5.75. The zero-order chi connectivity index (χ0) is 24.8. The Morgan fingerprint density at radius 3 is 2.74 bits per heavy atom. The van der Waals surface area contributed by atoms with Crippen molar-refractivity contribution in [1.82, 2.24) is 19.5 Å². The number of nitrogens with zero attached hydrogens (tertiary/aromatic N) is 4. The van der Waals surface area contributed by atoms with E-state index in [1.165, 1.54) is 18.6 Å². The topological polar surface area (TPSA) is 96.2 Å². The van der Waals surface area contributed by atoms with Gasteiger partial charge in [0.2, 0.25) is 5.62 Å². The summed E-state index contributed by atoms with van der Waals surface area (Å²) < 4.78 is 14.8. The van der Waals surface area contributed by atoms with E-state index < -0.39 is 11.9 Å². The summed E-state index contributed by atoms with van der Waals surface area (Å²) in [6, 6.07) is 6.12. The van der Waals surface area contributed by atoms with Crippen LogP contribution in [0.5, 0.6) is 0 Å². The van der Waals surface area contributed by atoms with Gasteiger partial charge in [-0.25, -0.2) is 14.4 Å². The smallest absolute Gasteiger partial charge is 0.306 e. The number of hydrogen-bond acceptors (Lipinski definition) is 4. The minimum Gasteiger partial charge on any atom is -0.481 e. The zero-order valence-electron chi connectivity index (χ0n) is 20.3. The van der Waals surface area contributed by atoms with Gasteiger partial charge in [0.15, 0.2) is 0 Å². The fourth-order valence-corrected chi connectivity index (χ4v) is 4.58. The molecule has 0 saturated heterocycles. The van der Waals surface area contributed by atoms with E-state index in [2.05, 4.69) is 47.3 Å². The summed E-state index contributed by atoms with van der Waals surface area (Å²) in [6.45, 7) is 13.3. The summed E-state index contributed by atoms with van der Waals surface area (Å²) in [7, 11) is 0. The lowest BCUT2D eigenvalue weighted by Gasteiger charge is -2.48. The largest absolute Gasteiger partial charge is 0.481 e. The number of imidazole rings is 1. The van der Waals surface area contributed by atoms with Crippen LogP contribution in [-0.4, -0.2) is 37.1 Å². The lowest BCUT2D eigenvalue weighted by atomic mass is 9.58. The third kappa shape index (κ3) is 5.98. The van der Waals surface area contributed by atoms with Gasteiger partial charge >= 0.3 is 5.97 Å². The molecule has 2 aromatic heterocycles. The number of halogens is 1. The molecule has 3 aromatic rings. The summed E-state index contributed by atoms with van der Waals surface area (Å²) in [4.78, 5) is 26.6. The summed E-state index contributed by atoms with van der Waals surface area (Å²) in [5.74, 6) is 2.21. The first-order valence-electron chi connectivity index (χ1n) is 11.7. The molecule has 1 aliphatic rings. The highest BCUT2D eigenvalue weighted by Gasteiger charge is 2.40. The van der Waals surface area contributed by atoms with Crippen LogP contribution < -0.4 is 5.62 Å². The van der Waals surface area contributed by atoms with Gasteiger partial charge in [-0.05, 0) is 54.4 Å². The lowest BCUT2D eigenvalue weighted by molar-refractivity contribution is -0.141. The van der Waals surface area contributed by atoms with Crippen molar-refractivity contribution in [1.29, 1.82) is 0 Å². The number of nitrogens with one attached hydrogen (secondary N) is 1. The number of benzene rings is 1. The molecule has 0 aliphatic heterocycles. The van der Waals surface area contributed by atoms with Gasteiger partial charge in [-0.2, -0.15) is 0 Å². The molecule has 0 bridgehead atoms. The Morgan fingerprint density at radius 1 is 1.32 bits per heavy atom. The van der Waals surface area contributed by atoms with Crippen LogP contribution in [0, 0.1) is 35.4 Å². The van der Waals surface area contributed by atoms with Gasteiger partial charge in [0.05, 0.1) is 17.0 Å². The Morgan fingerprint density at radius 2 is 2.06 bits per heavy atom. The Balaban J connectivity index is 0.000000192. The summed E-state index contributed by atoms with van der Waals surface area (Å²) in [6.07, 6.45) is 6.92. The molecule has 2 N–H and O–H groups in total. The maximum atomic E-state index is 12.9. The van der Waals surface area contributed by atoms with Crippen molar-refractivity contribution in [2.24, 2.45) is 34.6 Å². The number of carboxylic acids is 1. The van der Waals surface area contributed by atoms with Crippen molar-refractivity contribution in [3.63, 3.8) is 0 Å². The molecule has 4 rings (SSSR count). The Bertz CT molecular complexity index is 1190. The Labute approximate surface area is 199 Å². The van der Waals surface area contributed by atoms with Crippen LogP contribution in [0.4, 0.5) is 4.39 Å². The predicted molar refractivity (Wildman–Crippen MR) is 131 cm³/mol. The van der Waals surface area contributed by atoms with E-state index in [0.717, 1.165) is 35.8 Å². The van der Waals surface area contributed by atoms with Crippen LogP contribution in [0.3, 0.4) is 0 Å². The lowest BCUT2D eigenvalue weighted by Crippen LogP contribution is -2.42. The van der Waals surface area contributed by atoms with Crippen LogP contribution >= 0.6 is 0 Å². The molecule has 1 fully saturated rings. The molecular formula is C26H34FN5O2. The molecule has 3 atom stereocenters. The van der Waals surface area contributed by atoms with Crippen LogP contribution in [0.2, 0.25) is 0 Å². The number of fused-ring (bicyclic) bond motifs is 1. The monoisotopic (exact) mass is 467 g/mol. The number of H-pyrrole nitrogens is 1. The highest BCUT2D eigenvalue weighted by Crippen LogP contribution is 2.46. The van der Waals surface area contributed by atoms with Crippen LogP contribution in [0.15, 0.2) is 48.2 Å². The SMILES string of the molecule is C=Cn1cccnc1=NCCC1C(C)C(C)C1C.CC(Cc1nc2ccc(F)cc2[nH]1)C(=O)O. The van der Waals surface area contributed by atoms with Crippen LogP contribution in [-0.2, 0) is 11.2 Å². The molecule has 1 aromatic carbocycles. The van der Waals surface area contributed by atoms with E-state index in [-0.39, 0.29) is 5.82 Å². The van der Waals surface area contributed by atoms with Gasteiger partial charge in [0, 0.05) is 31.6 Å². The van der Waals surface area contributed by atoms with Gasteiger partial charge in [-0.3, -0.25) is 14.4 Å². The Kier molecular flexibility index (Phi) is 8.36. The van der Waals surface area contributed by atoms with Crippen molar-refractivity contribution < 1.29 is 14.3 Å². The van der Waals surface area contributed by atoms with Crippen molar-refractivity contribution in [2.45, 2.75) is 40.5 Å². The van der Waals surface area contributed by atoms with E-state index in [1.54, 1.807) is 25.4 Å². The predicted octanol–water partition coefficient (Wildman–Crippen LogP) is 4.78. The van der Waals surface area contributed by atoms with Crippen molar-refractivity contribution in [2.75, 3.05) is 6.54 Å². The number of carbonyl (C=O) groups is 1. The van der Waals surface area contributed by atoms with Gasteiger partial charge < -0.3 is 10.1 Å². The second-order valence-electron chi connectivity index (χ2n) is 9.21. The molecule has 0 amide bonds. The van der Waals surface area contributed by atoms with Gasteiger partial charge in [0.1, 0.15) is 11.6 Å². The van der Waals surface area contributed by atoms with Crippen molar-refractivity contribution in [3.05, 3.63) is 60.5 Å². The minimum atomic E-state index is -0.869. The van der Waals surface area contributed by atoms with Crippen molar-refractivity contribution >= 4 is 23.2 Å². The fourth-order valence-electron chi connectivity index (χ4n) is 4.58. The quantitative estimate of drug-likeness (QED) is 0.523. The molecule has 0 radical (unpaired) electrons. The van der Waals surface area contributed by atoms with Crippen molar-refractivity contribution in [3.8, 4) is 0 Å². The first-order chi connectivity index (χ1) is 16.2. The minimum absolute atomic E-state index is 0.311. The maximum absolute atomic E-state index is 12.9. The number of carboxylic acid groups (broad SMARTS) is 1. The molecule has 3 unspecified atom stereocenters. The number of aromatic nitrogens is 4. The first kappa shape index (κ1) is 25.3. The van der Waals surface area contributed by atoms with Gasteiger partial charge in [-0.15, -0.1) is 0 Å². The average Bonchev–Trinajstić information content (AvgIpc) is 3.23. The van der Waals surface area contributed by atoms with E-state index >= 15 is 0 Å². The standard InChI is InChI=1S/C15H23N3.C11H11FN2O2/c1-5-18-10-6-8-16-15(18)17-9-7-14-12(3)11(2)13(14)4;1-6(11(15)16)4-10-13-8-3-2-7(12)5-9(8)14-10/h5-6,8,10-14H,1,7,9H2,2-4H3;2-3,5-6H,4H2,1H3,(H,13,14)(H,15,16). The summed E-state index contributed by atoms with van der Waals surface area (Å²) >= 11 is 0. The normalized spacial score (nSPS) is 23.0. The molecule has 182 valence electrons. The number of aromatic amines is 1. The maximum Gasteiger partial charge on any atom is 0.306 e. The molecular weight excluding hydrogens is 433 g/mol. The molecule has 8 heteroatoms. The molecule has 34 heavy (non-hydrogen) atoms. The fraction of sp³-hybridized carbons (Fsp3) is 0.462. The number of rotatable bonds is 7. The summed E-state index contributed by atoms with van der Waals surface area (Å²) in [5.41, 5.74) is 1.99. The third-order valence-electron chi connectivity index (χ3n) is 7.09. The second-order valence-corrected chi connectivity index (χ2v) is 9.21. The zero-order valence-corrected chi connectivity index (χ0v) is 20.3. The summed E-state index contributed by atoms with van der Waals surface area (Å²) in [5, 5.41) is 8.76. The van der Waals surface area contributed by atoms with Gasteiger partial charge in [-0.1, -0.05) is 34.3 Å². The van der Waals surface area contributed by atoms with E-state index in [4.69, 9.17) is 5.11 Å². The van der Waals surface area contributed by atoms with Crippen LogP contribution in [0.25, 0.3) is 17.2 Å². The molecule has 1 saturated carbocycles. The molecule has 0 spiro atoms. The highest BCUT2D eigenvalue weighted by atomic mass is 19.1. The molecule has 7 nitrogen and oxygen atoms in total. The van der Waals surface area contributed by atoms with E-state index in [0.29, 0.717) is 23.3 Å². The van der Waals surface area contributed by atoms with Crippen LogP contribution in [0.1, 0.15) is 39.9 Å². The molecule has 1 aliphatic carbocycles.